The summed E-state index contributed by atoms with van der Waals surface area (Å²) in [5.74, 6) is -2.06. The van der Waals surface area contributed by atoms with E-state index in [4.69, 9.17) is 4.74 Å². The maximum absolute atomic E-state index is 12.2. The van der Waals surface area contributed by atoms with E-state index in [0.717, 1.165) is 24.2 Å². The molecule has 9 heteroatoms. The monoisotopic (exact) mass is 421 g/mol. The van der Waals surface area contributed by atoms with Gasteiger partial charge in [0.15, 0.2) is 5.69 Å². The second-order valence-corrected chi connectivity index (χ2v) is 7.31. The van der Waals surface area contributed by atoms with Gasteiger partial charge in [-0.1, -0.05) is 35.9 Å². The number of carbonyl (C=O) groups excluding carboxylic acids is 2. The fraction of sp³-hybridized carbons (Fsp3) is 0.273. The Balaban J connectivity index is 1.55. The van der Waals surface area contributed by atoms with Crippen molar-refractivity contribution in [2.45, 2.75) is 13.6 Å². The lowest BCUT2D eigenvalue weighted by Gasteiger charge is -2.27. The van der Waals surface area contributed by atoms with Crippen LogP contribution in [0.15, 0.2) is 58.8 Å². The summed E-state index contributed by atoms with van der Waals surface area (Å²) in [6.45, 7) is 5.15. The van der Waals surface area contributed by atoms with Gasteiger partial charge in [0.25, 0.3) is 0 Å². The molecule has 1 aliphatic rings. The Morgan fingerprint density at radius 1 is 1.10 bits per heavy atom. The Kier molecular flexibility index (Phi) is 6.06. The van der Waals surface area contributed by atoms with E-state index in [1.54, 1.807) is 22.8 Å². The van der Waals surface area contributed by atoms with Gasteiger partial charge in [0, 0.05) is 24.2 Å². The number of morpholine rings is 1. The van der Waals surface area contributed by atoms with Gasteiger partial charge in [-0.3, -0.25) is 19.1 Å². The molecule has 1 aromatic heterocycles. The largest absolute Gasteiger partial charge is 0.493 e. The average molecular weight is 421 g/mol. The van der Waals surface area contributed by atoms with Gasteiger partial charge >= 0.3 is 11.8 Å². The SMILES string of the molecule is Cc1ccc(NC(=O)C(=O)N=Nc2c(O)n(CN3CCOCC3)c3ccccc23)cc1. The number of aromatic nitrogens is 1. The topological polar surface area (TPSA) is 109 Å². The number of anilines is 1. The number of benzene rings is 2. The molecular weight excluding hydrogens is 398 g/mol. The lowest BCUT2D eigenvalue weighted by atomic mass is 10.2. The molecule has 9 nitrogen and oxygen atoms in total. The van der Waals surface area contributed by atoms with Crippen molar-refractivity contribution in [2.24, 2.45) is 10.2 Å². The van der Waals surface area contributed by atoms with Crippen molar-refractivity contribution in [1.29, 1.82) is 0 Å². The zero-order valence-corrected chi connectivity index (χ0v) is 17.1. The minimum Gasteiger partial charge on any atom is -0.493 e. The molecule has 2 aromatic carbocycles. The van der Waals surface area contributed by atoms with E-state index in [1.165, 1.54) is 0 Å². The van der Waals surface area contributed by atoms with Gasteiger partial charge in [-0.15, -0.1) is 10.2 Å². The highest BCUT2D eigenvalue weighted by Gasteiger charge is 2.20. The van der Waals surface area contributed by atoms with E-state index in [1.807, 2.05) is 37.3 Å². The van der Waals surface area contributed by atoms with Crippen LogP contribution in [0.5, 0.6) is 5.88 Å². The third-order valence-electron chi connectivity index (χ3n) is 5.11. The number of ether oxygens (including phenoxy) is 1. The van der Waals surface area contributed by atoms with Gasteiger partial charge in [0.1, 0.15) is 0 Å². The number of para-hydroxylation sites is 1. The van der Waals surface area contributed by atoms with Crippen molar-refractivity contribution in [2.75, 3.05) is 31.6 Å². The van der Waals surface area contributed by atoms with Gasteiger partial charge in [0.05, 0.1) is 25.4 Å². The van der Waals surface area contributed by atoms with Gasteiger partial charge in [-0.2, -0.15) is 0 Å². The normalized spacial score (nSPS) is 14.9. The second kappa shape index (κ2) is 9.07. The number of amides is 2. The van der Waals surface area contributed by atoms with Crippen molar-refractivity contribution < 1.29 is 19.4 Å². The maximum atomic E-state index is 12.2. The van der Waals surface area contributed by atoms with Gasteiger partial charge < -0.3 is 15.2 Å². The van der Waals surface area contributed by atoms with E-state index in [0.29, 0.717) is 31.0 Å². The Morgan fingerprint density at radius 2 is 1.81 bits per heavy atom. The molecule has 160 valence electrons. The summed E-state index contributed by atoms with van der Waals surface area (Å²) in [6, 6.07) is 14.4. The summed E-state index contributed by atoms with van der Waals surface area (Å²) < 4.78 is 7.09. The third kappa shape index (κ3) is 4.62. The molecule has 1 saturated heterocycles. The number of nitrogens with one attached hydrogen (secondary N) is 1. The number of aryl methyl sites for hydroxylation is 1. The summed E-state index contributed by atoms with van der Waals surface area (Å²) in [7, 11) is 0. The number of carbonyl (C=O) groups is 2. The number of aromatic hydroxyl groups is 1. The maximum Gasteiger partial charge on any atom is 0.353 e. The fourth-order valence-electron chi connectivity index (χ4n) is 3.42. The zero-order chi connectivity index (χ0) is 21.8. The van der Waals surface area contributed by atoms with E-state index in [-0.39, 0.29) is 11.6 Å². The van der Waals surface area contributed by atoms with Crippen molar-refractivity contribution >= 4 is 34.1 Å². The molecule has 2 N–H and O–H groups in total. The Hall–Kier alpha value is -3.56. The number of azo groups is 1. The minimum atomic E-state index is -1.05. The molecule has 0 unspecified atom stereocenters. The first kappa shape index (κ1) is 20.7. The minimum absolute atomic E-state index is 0.108. The van der Waals surface area contributed by atoms with Crippen LogP contribution in [0.25, 0.3) is 10.9 Å². The number of hydrogen-bond donors (Lipinski definition) is 2. The van der Waals surface area contributed by atoms with Crippen molar-refractivity contribution in [1.82, 2.24) is 9.47 Å². The molecule has 0 saturated carbocycles. The smallest absolute Gasteiger partial charge is 0.353 e. The summed E-state index contributed by atoms with van der Waals surface area (Å²) in [6.07, 6.45) is 0. The molecule has 2 amide bonds. The van der Waals surface area contributed by atoms with Crippen LogP contribution in [0.4, 0.5) is 11.4 Å². The molecule has 0 bridgehead atoms. The highest BCUT2D eigenvalue weighted by molar-refractivity contribution is 6.40. The predicted molar refractivity (Wildman–Crippen MR) is 115 cm³/mol. The number of hydrogen-bond acceptors (Lipinski definition) is 6. The van der Waals surface area contributed by atoms with Crippen molar-refractivity contribution in [3.63, 3.8) is 0 Å². The fourth-order valence-corrected chi connectivity index (χ4v) is 3.42. The first-order chi connectivity index (χ1) is 15.0. The van der Waals surface area contributed by atoms with E-state index >= 15 is 0 Å². The first-order valence-electron chi connectivity index (χ1n) is 9.97. The summed E-state index contributed by atoms with van der Waals surface area (Å²) >= 11 is 0. The highest BCUT2D eigenvalue weighted by Crippen LogP contribution is 2.39. The van der Waals surface area contributed by atoms with Crippen LogP contribution in [-0.4, -0.2) is 52.7 Å². The summed E-state index contributed by atoms with van der Waals surface area (Å²) in [5, 5.41) is 21.4. The molecule has 0 aliphatic carbocycles. The summed E-state index contributed by atoms with van der Waals surface area (Å²) in [4.78, 5) is 26.5. The molecule has 31 heavy (non-hydrogen) atoms. The van der Waals surface area contributed by atoms with Crippen LogP contribution >= 0.6 is 0 Å². The first-order valence-corrected chi connectivity index (χ1v) is 9.97. The van der Waals surface area contributed by atoms with E-state index in [2.05, 4.69) is 20.4 Å². The lowest BCUT2D eigenvalue weighted by Crippen LogP contribution is -2.37. The van der Waals surface area contributed by atoms with Crippen LogP contribution in [0.2, 0.25) is 0 Å². The quantitative estimate of drug-likeness (QED) is 0.497. The molecule has 3 aromatic rings. The Bertz CT molecular complexity index is 1130. The predicted octanol–water partition coefficient (Wildman–Crippen LogP) is 3.19. The number of fused-ring (bicyclic) bond motifs is 1. The third-order valence-corrected chi connectivity index (χ3v) is 5.11. The lowest BCUT2D eigenvalue weighted by molar-refractivity contribution is -0.134. The van der Waals surface area contributed by atoms with Crippen molar-refractivity contribution in [3.8, 4) is 5.88 Å². The molecule has 4 rings (SSSR count). The van der Waals surface area contributed by atoms with Gasteiger partial charge in [0.2, 0.25) is 5.88 Å². The van der Waals surface area contributed by atoms with Crippen LogP contribution in [-0.2, 0) is 21.0 Å². The standard InChI is InChI=1S/C22H23N5O4/c1-15-6-8-16(9-7-15)23-20(28)21(29)25-24-19-17-4-2-3-5-18(17)27(22(19)30)14-26-10-12-31-13-11-26/h2-9,30H,10-14H2,1H3,(H,23,28). The second-order valence-electron chi connectivity index (χ2n) is 7.31. The number of rotatable bonds is 4. The molecule has 0 atom stereocenters. The molecule has 0 spiro atoms. The van der Waals surface area contributed by atoms with Crippen LogP contribution in [0, 0.1) is 6.92 Å². The van der Waals surface area contributed by atoms with Gasteiger partial charge in [-0.25, -0.2) is 0 Å². The molecule has 0 radical (unpaired) electrons. The highest BCUT2D eigenvalue weighted by atomic mass is 16.5. The van der Waals surface area contributed by atoms with Crippen molar-refractivity contribution in [3.05, 3.63) is 54.1 Å². The van der Waals surface area contributed by atoms with Gasteiger partial charge in [-0.05, 0) is 25.1 Å². The molecule has 1 aliphatic heterocycles. The van der Waals surface area contributed by atoms with E-state index in [9.17, 15) is 14.7 Å². The Morgan fingerprint density at radius 3 is 2.55 bits per heavy atom. The van der Waals surface area contributed by atoms with Crippen LogP contribution in [0.3, 0.4) is 0 Å². The summed E-state index contributed by atoms with van der Waals surface area (Å²) in [5.41, 5.74) is 2.44. The van der Waals surface area contributed by atoms with Crippen LogP contribution < -0.4 is 5.32 Å². The molecule has 2 heterocycles. The number of nitrogens with zero attached hydrogens (tertiary/aromatic N) is 4. The van der Waals surface area contributed by atoms with E-state index < -0.39 is 11.8 Å². The molecular formula is C22H23N5O4. The van der Waals surface area contributed by atoms with Crippen LogP contribution in [0.1, 0.15) is 5.56 Å². The zero-order valence-electron chi connectivity index (χ0n) is 17.1. The molecule has 1 fully saturated rings. The average Bonchev–Trinajstić information content (AvgIpc) is 3.05. The Labute approximate surface area is 178 Å².